The summed E-state index contributed by atoms with van der Waals surface area (Å²) in [5.74, 6) is -0.000521. The minimum atomic E-state index is -0.612. The molecule has 1 aliphatic rings. The topological polar surface area (TPSA) is 41.1 Å². The molecule has 0 spiro atoms. The van der Waals surface area contributed by atoms with E-state index in [-0.39, 0.29) is 12.3 Å². The molecule has 0 atom stereocenters. The molecule has 1 rings (SSSR count). The summed E-state index contributed by atoms with van der Waals surface area (Å²) in [6, 6.07) is 0. The number of nitrogens with one attached hydrogen (secondary N) is 2. The number of hydrogen-bond donors (Lipinski definition) is 2. The SMILES string of the molecule is C=CCN/C=C(/Cl)NCC(=O)C1(Cl)CC1. The third kappa shape index (κ3) is 4.14. The van der Waals surface area contributed by atoms with Crippen LogP contribution in [0.2, 0.25) is 0 Å². The van der Waals surface area contributed by atoms with Crippen molar-refractivity contribution in [3.05, 3.63) is 24.0 Å². The van der Waals surface area contributed by atoms with Crippen molar-refractivity contribution in [2.75, 3.05) is 13.1 Å². The summed E-state index contributed by atoms with van der Waals surface area (Å²) in [6.45, 7) is 4.35. The average Bonchev–Trinajstić information content (AvgIpc) is 2.95. The predicted molar refractivity (Wildman–Crippen MR) is 63.0 cm³/mol. The van der Waals surface area contributed by atoms with E-state index in [2.05, 4.69) is 17.2 Å². The lowest BCUT2D eigenvalue weighted by Crippen LogP contribution is -2.29. The molecule has 1 fully saturated rings. The maximum atomic E-state index is 11.4. The Morgan fingerprint density at radius 1 is 1.53 bits per heavy atom. The van der Waals surface area contributed by atoms with Crippen LogP contribution in [0.15, 0.2) is 24.0 Å². The highest BCUT2D eigenvalue weighted by molar-refractivity contribution is 6.38. The molecule has 0 radical (unpaired) electrons. The Morgan fingerprint density at radius 3 is 2.73 bits per heavy atom. The lowest BCUT2D eigenvalue weighted by Gasteiger charge is -2.07. The molecule has 2 N–H and O–H groups in total. The molecule has 1 saturated carbocycles. The van der Waals surface area contributed by atoms with Crippen LogP contribution in [0.1, 0.15) is 12.8 Å². The normalized spacial score (nSPS) is 18.1. The van der Waals surface area contributed by atoms with E-state index in [9.17, 15) is 4.79 Å². The number of Topliss-reactive ketones (excluding diaryl/α,β-unsaturated/α-hetero) is 1. The molecule has 0 aromatic heterocycles. The molecule has 1 aliphatic carbocycles. The van der Waals surface area contributed by atoms with Gasteiger partial charge in [0.2, 0.25) is 0 Å². The maximum Gasteiger partial charge on any atom is 0.172 e. The first-order valence-electron chi connectivity index (χ1n) is 4.74. The zero-order valence-corrected chi connectivity index (χ0v) is 9.87. The molecule has 3 nitrogen and oxygen atoms in total. The van der Waals surface area contributed by atoms with Crippen molar-refractivity contribution in [1.29, 1.82) is 0 Å². The van der Waals surface area contributed by atoms with Gasteiger partial charge < -0.3 is 10.6 Å². The number of alkyl halides is 1. The van der Waals surface area contributed by atoms with Gasteiger partial charge in [-0.05, 0) is 12.8 Å². The minimum absolute atomic E-state index is 0.000521. The highest BCUT2D eigenvalue weighted by Gasteiger charge is 2.47. The minimum Gasteiger partial charge on any atom is -0.385 e. The largest absolute Gasteiger partial charge is 0.385 e. The number of ketones is 1. The van der Waals surface area contributed by atoms with Crippen molar-refractivity contribution in [2.24, 2.45) is 0 Å². The second kappa shape index (κ2) is 5.42. The van der Waals surface area contributed by atoms with Gasteiger partial charge in [-0.2, -0.15) is 0 Å². The van der Waals surface area contributed by atoms with Gasteiger partial charge in [0.05, 0.1) is 6.54 Å². The molecule has 84 valence electrons. The summed E-state index contributed by atoms with van der Waals surface area (Å²) in [4.78, 5) is 10.8. The second-order valence-corrected chi connectivity index (χ2v) is 4.56. The molecule has 0 aliphatic heterocycles. The Bertz CT molecular complexity index is 285. The van der Waals surface area contributed by atoms with Crippen LogP contribution in [0.3, 0.4) is 0 Å². The van der Waals surface area contributed by atoms with Gasteiger partial charge in [0.1, 0.15) is 10.0 Å². The molecular weight excluding hydrogens is 235 g/mol. The van der Waals surface area contributed by atoms with Gasteiger partial charge in [0.15, 0.2) is 5.78 Å². The molecule has 0 unspecified atom stereocenters. The van der Waals surface area contributed by atoms with Gasteiger partial charge in [-0.25, -0.2) is 0 Å². The van der Waals surface area contributed by atoms with Crippen LogP contribution in [-0.2, 0) is 4.79 Å². The van der Waals surface area contributed by atoms with E-state index in [0.29, 0.717) is 11.7 Å². The monoisotopic (exact) mass is 248 g/mol. The summed E-state index contributed by atoms with van der Waals surface area (Å²) in [5, 5.41) is 6.07. The Hall–Kier alpha value is -0.670. The van der Waals surface area contributed by atoms with E-state index in [1.165, 1.54) is 0 Å². The molecule has 5 heteroatoms. The summed E-state index contributed by atoms with van der Waals surface area (Å²) in [5.41, 5.74) is 0. The van der Waals surface area contributed by atoms with Crippen LogP contribution in [-0.4, -0.2) is 23.7 Å². The first kappa shape index (κ1) is 12.4. The van der Waals surface area contributed by atoms with Crippen LogP contribution in [0, 0.1) is 0 Å². The zero-order valence-electron chi connectivity index (χ0n) is 8.35. The van der Waals surface area contributed by atoms with E-state index in [1.807, 2.05) is 0 Å². The van der Waals surface area contributed by atoms with Crippen molar-refractivity contribution in [2.45, 2.75) is 17.7 Å². The molecule has 15 heavy (non-hydrogen) atoms. The van der Waals surface area contributed by atoms with Gasteiger partial charge in [-0.15, -0.1) is 18.2 Å². The van der Waals surface area contributed by atoms with Gasteiger partial charge >= 0.3 is 0 Å². The molecule has 0 heterocycles. The van der Waals surface area contributed by atoms with Crippen molar-refractivity contribution in [3.8, 4) is 0 Å². The van der Waals surface area contributed by atoms with Gasteiger partial charge in [-0.3, -0.25) is 4.79 Å². The Labute approximate surface area is 99.5 Å². The predicted octanol–water partition coefficient (Wildman–Crippen LogP) is 1.73. The number of halogens is 2. The lowest BCUT2D eigenvalue weighted by atomic mass is 10.2. The van der Waals surface area contributed by atoms with Crippen molar-refractivity contribution in [3.63, 3.8) is 0 Å². The fraction of sp³-hybridized carbons (Fsp3) is 0.500. The Kier molecular flexibility index (Phi) is 4.48. The highest BCUT2D eigenvalue weighted by Crippen LogP contribution is 2.43. The first-order chi connectivity index (χ1) is 7.08. The summed E-state index contributed by atoms with van der Waals surface area (Å²) in [7, 11) is 0. The van der Waals surface area contributed by atoms with E-state index >= 15 is 0 Å². The van der Waals surface area contributed by atoms with E-state index in [1.54, 1.807) is 12.3 Å². The van der Waals surface area contributed by atoms with Gasteiger partial charge in [0.25, 0.3) is 0 Å². The molecular formula is C10H14Cl2N2O. The van der Waals surface area contributed by atoms with E-state index < -0.39 is 4.87 Å². The summed E-state index contributed by atoms with van der Waals surface area (Å²) < 4.78 is 0. The lowest BCUT2D eigenvalue weighted by molar-refractivity contribution is -0.118. The molecule has 0 amide bonds. The number of rotatable bonds is 7. The fourth-order valence-corrected chi connectivity index (χ4v) is 1.30. The Balaban J connectivity index is 2.21. The van der Waals surface area contributed by atoms with Crippen molar-refractivity contribution < 1.29 is 4.79 Å². The van der Waals surface area contributed by atoms with Gasteiger partial charge in [-0.1, -0.05) is 17.7 Å². The van der Waals surface area contributed by atoms with Crippen molar-refractivity contribution in [1.82, 2.24) is 10.6 Å². The molecule has 0 aromatic rings. The first-order valence-corrected chi connectivity index (χ1v) is 5.50. The van der Waals surface area contributed by atoms with E-state index in [0.717, 1.165) is 12.8 Å². The molecule has 0 bridgehead atoms. The standard InChI is InChI=1S/C10H14Cl2N2O/c1-2-5-13-7-9(11)14-6-8(15)10(12)3-4-10/h2,7,13-14H,1,3-6H2/b9-7-. The van der Waals surface area contributed by atoms with E-state index in [4.69, 9.17) is 23.2 Å². The number of carbonyl (C=O) groups excluding carboxylic acids is 1. The number of hydrogen-bond acceptors (Lipinski definition) is 3. The Morgan fingerprint density at radius 2 is 2.20 bits per heavy atom. The fourth-order valence-electron chi connectivity index (χ4n) is 0.995. The van der Waals surface area contributed by atoms with Gasteiger partial charge in [0, 0.05) is 12.7 Å². The third-order valence-electron chi connectivity index (χ3n) is 2.10. The molecule has 0 saturated heterocycles. The summed E-state index contributed by atoms with van der Waals surface area (Å²) >= 11 is 11.7. The molecule has 0 aromatic carbocycles. The van der Waals surface area contributed by atoms with Crippen LogP contribution >= 0.6 is 23.2 Å². The smallest absolute Gasteiger partial charge is 0.172 e. The maximum absolute atomic E-state index is 11.4. The van der Waals surface area contributed by atoms with Crippen LogP contribution < -0.4 is 10.6 Å². The zero-order chi connectivity index (χ0) is 11.3. The van der Waals surface area contributed by atoms with Crippen molar-refractivity contribution >= 4 is 29.0 Å². The van der Waals surface area contributed by atoms with Crippen LogP contribution in [0.5, 0.6) is 0 Å². The quantitative estimate of drug-likeness (QED) is 0.312. The average molecular weight is 249 g/mol. The summed E-state index contributed by atoms with van der Waals surface area (Å²) in [6.07, 6.45) is 4.84. The number of carbonyl (C=O) groups is 1. The highest BCUT2D eigenvalue weighted by atomic mass is 35.5. The second-order valence-electron chi connectivity index (χ2n) is 3.43. The van der Waals surface area contributed by atoms with Crippen LogP contribution in [0.25, 0.3) is 0 Å². The third-order valence-corrected chi connectivity index (χ3v) is 2.93. The van der Waals surface area contributed by atoms with Crippen LogP contribution in [0.4, 0.5) is 0 Å².